The molecular weight excluding hydrogens is 255 g/mol. The van der Waals surface area contributed by atoms with Crippen molar-refractivity contribution >= 4 is 5.69 Å². The second-order valence-corrected chi connectivity index (χ2v) is 4.71. The van der Waals surface area contributed by atoms with Crippen LogP contribution in [0.15, 0.2) is 42.5 Å². The van der Waals surface area contributed by atoms with Crippen LogP contribution in [0.4, 0.5) is 10.1 Å². The predicted molar refractivity (Wildman–Crippen MR) is 75.0 cm³/mol. The maximum Gasteiger partial charge on any atom is 0.123 e. The van der Waals surface area contributed by atoms with E-state index in [0.29, 0.717) is 12.1 Å². The number of nitrogens with zero attached hydrogens (tertiary/aromatic N) is 1. The lowest BCUT2D eigenvalue weighted by atomic mass is 9.92. The van der Waals surface area contributed by atoms with Crippen LogP contribution in [0.3, 0.4) is 0 Å². The smallest absolute Gasteiger partial charge is 0.123 e. The third-order valence-corrected chi connectivity index (χ3v) is 3.23. The summed E-state index contributed by atoms with van der Waals surface area (Å²) in [5.74, 6) is -0.705. The fourth-order valence-corrected chi connectivity index (χ4v) is 2.15. The van der Waals surface area contributed by atoms with E-state index in [9.17, 15) is 9.65 Å². The third-order valence-electron chi connectivity index (χ3n) is 3.23. The Kier molecular flexibility index (Phi) is 4.34. The minimum atomic E-state index is -0.385. The fraction of sp³-hybridized carbons (Fsp3) is 0.188. The first-order valence-corrected chi connectivity index (χ1v) is 6.28. The van der Waals surface area contributed by atoms with E-state index in [-0.39, 0.29) is 11.7 Å². The monoisotopic (exact) mass is 270 g/mol. The third kappa shape index (κ3) is 3.14. The van der Waals surface area contributed by atoms with E-state index in [2.05, 4.69) is 11.5 Å². The van der Waals surface area contributed by atoms with Gasteiger partial charge in [0.15, 0.2) is 0 Å². The first kappa shape index (κ1) is 14.0. The first-order chi connectivity index (χ1) is 9.63. The summed E-state index contributed by atoms with van der Waals surface area (Å²) >= 11 is 0. The molecule has 0 aliphatic rings. The van der Waals surface area contributed by atoms with Gasteiger partial charge in [-0.1, -0.05) is 29.8 Å². The van der Waals surface area contributed by atoms with Crippen LogP contribution in [0.1, 0.15) is 22.6 Å². The average molecular weight is 270 g/mol. The molecule has 3 nitrogen and oxygen atoms in total. The zero-order chi connectivity index (χ0) is 14.5. The predicted octanol–water partition coefficient (Wildman–Crippen LogP) is 3.79. The Hall–Kier alpha value is -2.38. The Morgan fingerprint density at radius 2 is 1.95 bits per heavy atom. The highest BCUT2D eigenvalue weighted by Crippen LogP contribution is 2.25. The zero-order valence-corrected chi connectivity index (χ0v) is 11.1. The van der Waals surface area contributed by atoms with Crippen LogP contribution < -0.4 is 5.48 Å². The van der Waals surface area contributed by atoms with Crippen molar-refractivity contribution in [1.29, 1.82) is 5.26 Å². The molecule has 102 valence electrons. The van der Waals surface area contributed by atoms with E-state index >= 15 is 0 Å². The molecule has 0 saturated heterocycles. The van der Waals surface area contributed by atoms with Crippen LogP contribution in [0, 0.1) is 24.1 Å². The SMILES string of the molecule is Cc1ccc(NO)c(CC(C#N)c2ccc(F)cc2)c1. The Morgan fingerprint density at radius 3 is 2.55 bits per heavy atom. The number of anilines is 1. The molecule has 1 unspecified atom stereocenters. The van der Waals surface area contributed by atoms with Gasteiger partial charge < -0.3 is 0 Å². The molecule has 2 aromatic rings. The molecule has 0 amide bonds. The Morgan fingerprint density at radius 1 is 1.25 bits per heavy atom. The summed E-state index contributed by atoms with van der Waals surface area (Å²) in [6.07, 6.45) is 0.451. The molecule has 4 heteroatoms. The van der Waals surface area contributed by atoms with Crippen molar-refractivity contribution in [3.05, 3.63) is 65.0 Å². The summed E-state index contributed by atoms with van der Waals surface area (Å²) in [6, 6.07) is 13.7. The number of rotatable bonds is 4. The average Bonchev–Trinajstić information content (AvgIpc) is 2.46. The molecular formula is C16H15FN2O. The molecule has 0 saturated carbocycles. The second-order valence-electron chi connectivity index (χ2n) is 4.71. The van der Waals surface area contributed by atoms with E-state index in [4.69, 9.17) is 5.21 Å². The highest BCUT2D eigenvalue weighted by atomic mass is 19.1. The standard InChI is InChI=1S/C16H15FN2O/c1-11-2-7-16(19-20)13(8-11)9-14(10-18)12-3-5-15(17)6-4-12/h2-8,14,19-20H,9H2,1H3. The molecule has 0 radical (unpaired) electrons. The molecule has 0 aromatic heterocycles. The van der Waals surface area contributed by atoms with Gasteiger partial charge in [-0.3, -0.25) is 10.7 Å². The summed E-state index contributed by atoms with van der Waals surface area (Å²) in [4.78, 5) is 0. The van der Waals surface area contributed by atoms with Gasteiger partial charge in [0.05, 0.1) is 17.7 Å². The summed E-state index contributed by atoms with van der Waals surface area (Å²) in [5, 5.41) is 18.4. The Bertz CT molecular complexity index is 632. The number of nitrogens with one attached hydrogen (secondary N) is 1. The van der Waals surface area contributed by atoms with Crippen molar-refractivity contribution in [2.24, 2.45) is 0 Å². The van der Waals surface area contributed by atoms with Gasteiger partial charge in [-0.15, -0.1) is 0 Å². The van der Waals surface area contributed by atoms with Crippen molar-refractivity contribution in [2.75, 3.05) is 5.48 Å². The summed E-state index contributed by atoms with van der Waals surface area (Å²) in [5.41, 5.74) is 5.39. The van der Waals surface area contributed by atoms with Crippen molar-refractivity contribution in [2.45, 2.75) is 19.3 Å². The van der Waals surface area contributed by atoms with Crippen LogP contribution >= 0.6 is 0 Å². The second kappa shape index (κ2) is 6.18. The van der Waals surface area contributed by atoms with Crippen molar-refractivity contribution in [3.8, 4) is 6.07 Å². The molecule has 0 heterocycles. The van der Waals surface area contributed by atoms with Crippen LogP contribution in [-0.2, 0) is 6.42 Å². The van der Waals surface area contributed by atoms with Crippen LogP contribution in [0.5, 0.6) is 0 Å². The van der Waals surface area contributed by atoms with E-state index in [1.807, 2.05) is 19.1 Å². The van der Waals surface area contributed by atoms with Crippen molar-refractivity contribution in [1.82, 2.24) is 0 Å². The summed E-state index contributed by atoms with van der Waals surface area (Å²) in [6.45, 7) is 1.95. The zero-order valence-electron chi connectivity index (χ0n) is 11.1. The largest absolute Gasteiger partial charge is 0.291 e. The van der Waals surface area contributed by atoms with Gasteiger partial charge in [0, 0.05) is 0 Å². The minimum Gasteiger partial charge on any atom is -0.291 e. The number of hydrogen-bond donors (Lipinski definition) is 2. The topological polar surface area (TPSA) is 56.0 Å². The van der Waals surface area contributed by atoms with Crippen LogP contribution in [-0.4, -0.2) is 5.21 Å². The highest BCUT2D eigenvalue weighted by Gasteiger charge is 2.14. The molecule has 0 fully saturated rings. The van der Waals surface area contributed by atoms with Gasteiger partial charge >= 0.3 is 0 Å². The van der Waals surface area contributed by atoms with Gasteiger partial charge in [-0.2, -0.15) is 5.26 Å². The van der Waals surface area contributed by atoms with E-state index in [1.165, 1.54) is 12.1 Å². The van der Waals surface area contributed by atoms with E-state index in [0.717, 1.165) is 16.7 Å². The number of halogens is 1. The van der Waals surface area contributed by atoms with Gasteiger partial charge in [-0.25, -0.2) is 4.39 Å². The molecule has 2 N–H and O–H groups in total. The van der Waals surface area contributed by atoms with Gasteiger partial charge in [-0.05, 0) is 42.7 Å². The lowest BCUT2D eigenvalue weighted by molar-refractivity contribution is 0.388. The number of hydrogen-bond acceptors (Lipinski definition) is 3. The molecule has 20 heavy (non-hydrogen) atoms. The first-order valence-electron chi connectivity index (χ1n) is 6.28. The summed E-state index contributed by atoms with van der Waals surface area (Å²) in [7, 11) is 0. The number of nitriles is 1. The van der Waals surface area contributed by atoms with E-state index < -0.39 is 0 Å². The molecule has 1 atom stereocenters. The molecule has 0 bridgehead atoms. The molecule has 2 rings (SSSR count). The Balaban J connectivity index is 2.29. The normalized spacial score (nSPS) is 11.7. The number of aryl methyl sites for hydroxylation is 1. The molecule has 0 spiro atoms. The highest BCUT2D eigenvalue weighted by molar-refractivity contribution is 5.52. The quantitative estimate of drug-likeness (QED) is 0.831. The lowest BCUT2D eigenvalue weighted by Crippen LogP contribution is -2.04. The van der Waals surface area contributed by atoms with Gasteiger partial charge in [0.25, 0.3) is 0 Å². The maximum absolute atomic E-state index is 12.9. The lowest BCUT2D eigenvalue weighted by Gasteiger charge is -2.13. The van der Waals surface area contributed by atoms with Gasteiger partial charge in [0.2, 0.25) is 0 Å². The van der Waals surface area contributed by atoms with E-state index in [1.54, 1.807) is 18.2 Å². The van der Waals surface area contributed by atoms with Crippen molar-refractivity contribution < 1.29 is 9.60 Å². The van der Waals surface area contributed by atoms with Crippen LogP contribution in [0.25, 0.3) is 0 Å². The summed E-state index contributed by atoms with van der Waals surface area (Å²) < 4.78 is 12.9. The molecule has 0 aliphatic heterocycles. The number of benzene rings is 2. The Labute approximate surface area is 117 Å². The molecule has 0 aliphatic carbocycles. The fourth-order valence-electron chi connectivity index (χ4n) is 2.15. The van der Waals surface area contributed by atoms with Crippen LogP contribution in [0.2, 0.25) is 0 Å². The molecule has 2 aromatic carbocycles. The van der Waals surface area contributed by atoms with Crippen molar-refractivity contribution in [3.63, 3.8) is 0 Å². The maximum atomic E-state index is 12.9. The minimum absolute atomic E-state index is 0.321. The van der Waals surface area contributed by atoms with Gasteiger partial charge in [0.1, 0.15) is 5.82 Å².